The number of rotatable bonds is 7. The second kappa shape index (κ2) is 12.1. The van der Waals surface area contributed by atoms with Crippen LogP contribution in [0.5, 0.6) is 0 Å². The topological polar surface area (TPSA) is 239 Å². The Hall–Kier alpha value is -0.560. The van der Waals surface area contributed by atoms with E-state index in [4.69, 9.17) is 18.9 Å². The summed E-state index contributed by atoms with van der Waals surface area (Å²) in [5.74, 6) is -1.24. The number of fused-ring (bicyclic) bond motifs is 1. The Morgan fingerprint density at radius 2 is 1.34 bits per heavy atom. The summed E-state index contributed by atoms with van der Waals surface area (Å²) in [6, 6.07) is 0. The van der Waals surface area contributed by atoms with Crippen LogP contribution in [0.3, 0.4) is 0 Å². The van der Waals surface area contributed by atoms with Crippen LogP contribution in [0.2, 0.25) is 0 Å². The molecule has 0 radical (unpaired) electrons. The number of aliphatic hydroxyl groups excluding tert-OH is 8. The van der Waals surface area contributed by atoms with Crippen LogP contribution in [-0.2, 0) is 18.9 Å². The minimum atomic E-state index is -1.76. The molecule has 240 valence electrons. The SMILES string of the molecule is CC(C)(O)C1CCC2(C)C(O)CCC(C)(O)C2C1OC1OC(COC2OC(CO)C(O)C(O)C2O)C(O)C(O)C1O. The Morgan fingerprint density at radius 3 is 1.93 bits per heavy atom. The molecule has 14 nitrogen and oxygen atoms in total. The highest BCUT2D eigenvalue weighted by atomic mass is 16.7. The predicted molar refractivity (Wildman–Crippen MR) is 138 cm³/mol. The van der Waals surface area contributed by atoms with Crippen LogP contribution in [0.25, 0.3) is 0 Å². The Bertz CT molecular complexity index is 881. The van der Waals surface area contributed by atoms with Crippen molar-refractivity contribution in [3.8, 4) is 0 Å². The van der Waals surface area contributed by atoms with E-state index in [1.54, 1.807) is 20.8 Å². The summed E-state index contributed by atoms with van der Waals surface area (Å²) >= 11 is 0. The molecule has 10 N–H and O–H groups in total. The predicted octanol–water partition coefficient (Wildman–Crippen LogP) is -3.30. The zero-order chi connectivity index (χ0) is 30.7. The van der Waals surface area contributed by atoms with Crippen LogP contribution in [0.15, 0.2) is 0 Å². The van der Waals surface area contributed by atoms with Gasteiger partial charge >= 0.3 is 0 Å². The third-order valence-electron chi connectivity index (χ3n) is 9.93. The fourth-order valence-corrected chi connectivity index (χ4v) is 7.39. The van der Waals surface area contributed by atoms with Gasteiger partial charge in [0.05, 0.1) is 36.6 Å². The summed E-state index contributed by atoms with van der Waals surface area (Å²) in [6.45, 7) is 5.54. The van der Waals surface area contributed by atoms with E-state index in [-0.39, 0.29) is 6.42 Å². The second-order valence-corrected chi connectivity index (χ2v) is 13.3. The smallest absolute Gasteiger partial charge is 0.186 e. The summed E-state index contributed by atoms with van der Waals surface area (Å²) in [5.41, 5.74) is -3.36. The lowest BCUT2D eigenvalue weighted by Gasteiger charge is -2.61. The van der Waals surface area contributed by atoms with Gasteiger partial charge in [-0.15, -0.1) is 0 Å². The lowest BCUT2D eigenvalue weighted by atomic mass is 9.50. The fourth-order valence-electron chi connectivity index (χ4n) is 7.39. The van der Waals surface area contributed by atoms with Crippen molar-refractivity contribution in [1.82, 2.24) is 0 Å². The van der Waals surface area contributed by atoms with Crippen molar-refractivity contribution in [2.45, 2.75) is 138 Å². The van der Waals surface area contributed by atoms with E-state index in [0.717, 1.165) is 0 Å². The lowest BCUT2D eigenvalue weighted by Crippen LogP contribution is -2.67. The largest absolute Gasteiger partial charge is 0.394 e. The molecule has 0 aromatic heterocycles. The molecule has 0 aromatic rings. The third kappa shape index (κ3) is 6.20. The fraction of sp³-hybridized carbons (Fsp3) is 1.00. The third-order valence-corrected chi connectivity index (χ3v) is 9.93. The minimum absolute atomic E-state index is 0.276. The van der Waals surface area contributed by atoms with E-state index in [0.29, 0.717) is 19.3 Å². The van der Waals surface area contributed by atoms with E-state index in [2.05, 4.69) is 0 Å². The van der Waals surface area contributed by atoms with Crippen LogP contribution in [0, 0.1) is 17.3 Å². The average Bonchev–Trinajstić information content (AvgIpc) is 2.89. The molecule has 41 heavy (non-hydrogen) atoms. The molecule has 0 bridgehead atoms. The standard InChI is InChI=1S/C27H48O14/c1-25(2,36)11-5-7-26(3)14(29)6-8-27(4,37)22(26)21(11)41-24-20(35)18(33)16(31)13(40-24)10-38-23-19(34)17(32)15(30)12(9-28)39-23/h11-24,28-37H,5-10H2,1-4H3. The highest BCUT2D eigenvalue weighted by Crippen LogP contribution is 2.58. The molecule has 16 atom stereocenters. The van der Waals surface area contributed by atoms with Crippen molar-refractivity contribution in [2.75, 3.05) is 13.2 Å². The quantitative estimate of drug-likeness (QED) is 0.139. The highest BCUT2D eigenvalue weighted by Gasteiger charge is 2.62. The van der Waals surface area contributed by atoms with Gasteiger partial charge in [-0.3, -0.25) is 0 Å². The van der Waals surface area contributed by atoms with Gasteiger partial charge in [0, 0.05) is 17.3 Å². The normalized spacial score (nSPS) is 53.1. The zero-order valence-corrected chi connectivity index (χ0v) is 23.9. The number of hydrogen-bond donors (Lipinski definition) is 10. The summed E-state index contributed by atoms with van der Waals surface area (Å²) in [4.78, 5) is 0. The molecular formula is C27H48O14. The van der Waals surface area contributed by atoms with E-state index >= 15 is 0 Å². The molecular weight excluding hydrogens is 548 g/mol. The van der Waals surface area contributed by atoms with Crippen molar-refractivity contribution in [2.24, 2.45) is 17.3 Å². The first-order valence-electron chi connectivity index (χ1n) is 14.3. The molecule has 0 amide bonds. The van der Waals surface area contributed by atoms with Gasteiger partial charge in [0.1, 0.15) is 48.8 Å². The first-order valence-corrected chi connectivity index (χ1v) is 14.3. The van der Waals surface area contributed by atoms with Crippen LogP contribution < -0.4 is 0 Å². The summed E-state index contributed by atoms with van der Waals surface area (Å²) < 4.78 is 23.0. The summed E-state index contributed by atoms with van der Waals surface area (Å²) in [5, 5.41) is 105. The molecule has 0 aromatic carbocycles. The Morgan fingerprint density at radius 1 is 0.780 bits per heavy atom. The van der Waals surface area contributed by atoms with Crippen LogP contribution in [-0.4, -0.2) is 149 Å². The van der Waals surface area contributed by atoms with Gasteiger partial charge in [-0.05, 0) is 46.5 Å². The van der Waals surface area contributed by atoms with E-state index in [1.165, 1.54) is 0 Å². The molecule has 0 spiro atoms. The van der Waals surface area contributed by atoms with Crippen LogP contribution in [0.1, 0.15) is 53.4 Å². The monoisotopic (exact) mass is 596 g/mol. The molecule has 2 saturated carbocycles. The maximum atomic E-state index is 11.5. The van der Waals surface area contributed by atoms with Crippen molar-refractivity contribution < 1.29 is 70.0 Å². The average molecular weight is 597 g/mol. The number of aliphatic hydroxyl groups is 10. The number of ether oxygens (including phenoxy) is 4. The molecule has 16 unspecified atom stereocenters. The summed E-state index contributed by atoms with van der Waals surface area (Å²) in [6.07, 6.45) is -15.9. The maximum absolute atomic E-state index is 11.5. The second-order valence-electron chi connectivity index (χ2n) is 13.3. The molecule has 4 aliphatic rings. The summed E-state index contributed by atoms with van der Waals surface area (Å²) in [7, 11) is 0. The van der Waals surface area contributed by atoms with Gasteiger partial charge in [0.2, 0.25) is 0 Å². The Balaban J connectivity index is 1.55. The molecule has 14 heteroatoms. The maximum Gasteiger partial charge on any atom is 0.186 e. The highest BCUT2D eigenvalue weighted by molar-refractivity contribution is 5.11. The molecule has 2 heterocycles. The van der Waals surface area contributed by atoms with Crippen molar-refractivity contribution in [1.29, 1.82) is 0 Å². The number of hydrogen-bond acceptors (Lipinski definition) is 14. The first kappa shape index (κ1) is 33.3. The van der Waals surface area contributed by atoms with Crippen LogP contribution in [0.4, 0.5) is 0 Å². The van der Waals surface area contributed by atoms with E-state index < -0.39 is 115 Å². The Kier molecular flexibility index (Phi) is 9.83. The Labute approximate surface area is 239 Å². The van der Waals surface area contributed by atoms with Crippen molar-refractivity contribution in [3.05, 3.63) is 0 Å². The minimum Gasteiger partial charge on any atom is -0.394 e. The van der Waals surface area contributed by atoms with Gasteiger partial charge in [-0.1, -0.05) is 6.92 Å². The zero-order valence-electron chi connectivity index (χ0n) is 23.9. The van der Waals surface area contributed by atoms with Crippen LogP contribution >= 0.6 is 0 Å². The van der Waals surface area contributed by atoms with E-state index in [9.17, 15) is 51.1 Å². The molecule has 4 rings (SSSR count). The first-order chi connectivity index (χ1) is 18.9. The van der Waals surface area contributed by atoms with Gasteiger partial charge < -0.3 is 70.0 Å². The van der Waals surface area contributed by atoms with E-state index in [1.807, 2.05) is 6.92 Å². The molecule has 2 saturated heterocycles. The lowest BCUT2D eigenvalue weighted by molar-refractivity contribution is -0.353. The van der Waals surface area contributed by atoms with Gasteiger partial charge in [0.15, 0.2) is 12.6 Å². The van der Waals surface area contributed by atoms with Crippen molar-refractivity contribution in [3.63, 3.8) is 0 Å². The van der Waals surface area contributed by atoms with Crippen molar-refractivity contribution >= 4 is 0 Å². The molecule has 2 aliphatic carbocycles. The van der Waals surface area contributed by atoms with Gasteiger partial charge in [-0.2, -0.15) is 0 Å². The van der Waals surface area contributed by atoms with Gasteiger partial charge in [0.25, 0.3) is 0 Å². The molecule has 2 aliphatic heterocycles. The van der Waals surface area contributed by atoms with Gasteiger partial charge in [-0.25, -0.2) is 0 Å². The molecule has 4 fully saturated rings.